The van der Waals surface area contributed by atoms with Gasteiger partial charge in [0.05, 0.1) is 11.4 Å². The van der Waals surface area contributed by atoms with Crippen LogP contribution in [0.4, 0.5) is 19.1 Å². The Morgan fingerprint density at radius 2 is 1.64 bits per heavy atom. The number of nitrogens with zero attached hydrogens (tertiary/aromatic N) is 5. The van der Waals surface area contributed by atoms with Crippen molar-refractivity contribution >= 4 is 28.7 Å². The molecular formula is C19H19ClF3N5. The van der Waals surface area contributed by atoms with Crippen molar-refractivity contribution in [1.82, 2.24) is 19.9 Å². The van der Waals surface area contributed by atoms with E-state index in [1.54, 1.807) is 12.1 Å². The summed E-state index contributed by atoms with van der Waals surface area (Å²) in [7, 11) is 0. The van der Waals surface area contributed by atoms with Crippen LogP contribution in [0.3, 0.4) is 0 Å². The maximum Gasteiger partial charge on any atom is 0.229 e. The summed E-state index contributed by atoms with van der Waals surface area (Å²) in [4.78, 5) is 20.5. The minimum atomic E-state index is -1.75. The molecule has 0 amide bonds. The zero-order chi connectivity index (χ0) is 20.3. The fourth-order valence-electron chi connectivity index (χ4n) is 3.03. The topological polar surface area (TPSA) is 54.8 Å². The van der Waals surface area contributed by atoms with E-state index in [0.717, 1.165) is 37.3 Å². The lowest BCUT2D eigenvalue weighted by Gasteiger charge is -2.17. The molecule has 0 bridgehead atoms. The van der Waals surface area contributed by atoms with Gasteiger partial charge in [-0.1, -0.05) is 11.6 Å². The molecule has 5 nitrogen and oxygen atoms in total. The van der Waals surface area contributed by atoms with Crippen LogP contribution >= 0.6 is 11.6 Å². The average molecular weight is 410 g/mol. The van der Waals surface area contributed by atoms with Crippen molar-refractivity contribution in [2.45, 2.75) is 26.7 Å². The zero-order valence-corrected chi connectivity index (χ0v) is 16.3. The number of rotatable bonds is 2. The van der Waals surface area contributed by atoms with Crippen LogP contribution in [0, 0.1) is 19.7 Å². The van der Waals surface area contributed by atoms with E-state index in [4.69, 9.17) is 11.6 Å². The van der Waals surface area contributed by atoms with E-state index in [1.807, 2.05) is 13.8 Å². The Balaban J connectivity index is 0.000000706. The molecule has 2 aromatic heterocycles. The molecule has 1 fully saturated rings. The number of anilines is 1. The number of hydrogen-bond donors (Lipinski definition) is 0. The standard InChI is InChI=1S/C18H17ClFN5.CH2F2/c1-10-11(2)22-17-16(21-10)15(13-6-5-12(19)9-14(13)20)23-18(24-17)25-7-3-4-8-25;2-1-3/h5-6,9H,3-4,7-8H2,1-2H3;1H2. The molecule has 0 N–H and O–H groups in total. The second kappa shape index (κ2) is 8.68. The Kier molecular flexibility index (Phi) is 6.28. The molecule has 0 radical (unpaired) electrons. The molecule has 1 aliphatic heterocycles. The first-order valence-corrected chi connectivity index (χ1v) is 9.17. The fraction of sp³-hybridized carbons (Fsp3) is 0.368. The van der Waals surface area contributed by atoms with E-state index in [-0.39, 0.29) is 0 Å². The highest BCUT2D eigenvalue weighted by Gasteiger charge is 2.21. The summed E-state index contributed by atoms with van der Waals surface area (Å²) in [5.74, 6) is 0.145. The lowest BCUT2D eigenvalue weighted by Crippen LogP contribution is -2.21. The molecular weight excluding hydrogens is 391 g/mol. The first kappa shape index (κ1) is 20.3. The highest BCUT2D eigenvalue weighted by Crippen LogP contribution is 2.31. The van der Waals surface area contributed by atoms with Crippen molar-refractivity contribution in [2.24, 2.45) is 0 Å². The van der Waals surface area contributed by atoms with Gasteiger partial charge in [0, 0.05) is 23.7 Å². The lowest BCUT2D eigenvalue weighted by atomic mass is 10.1. The van der Waals surface area contributed by atoms with E-state index >= 15 is 0 Å². The van der Waals surface area contributed by atoms with Crippen molar-refractivity contribution in [2.75, 3.05) is 24.9 Å². The van der Waals surface area contributed by atoms with Crippen LogP contribution in [0.15, 0.2) is 18.2 Å². The van der Waals surface area contributed by atoms with Gasteiger partial charge in [0.15, 0.2) is 5.65 Å². The van der Waals surface area contributed by atoms with Crippen LogP contribution in [0.5, 0.6) is 0 Å². The summed E-state index contributed by atoms with van der Waals surface area (Å²) in [5, 5.41) is 0.345. The number of aryl methyl sites for hydroxylation is 2. The molecule has 0 unspecified atom stereocenters. The van der Waals surface area contributed by atoms with E-state index in [0.29, 0.717) is 33.4 Å². The summed E-state index contributed by atoms with van der Waals surface area (Å²) < 4.78 is 33.8. The van der Waals surface area contributed by atoms with Gasteiger partial charge in [-0.2, -0.15) is 4.98 Å². The van der Waals surface area contributed by atoms with Crippen LogP contribution in [0.25, 0.3) is 22.4 Å². The monoisotopic (exact) mass is 409 g/mol. The van der Waals surface area contributed by atoms with Gasteiger partial charge in [-0.3, -0.25) is 0 Å². The first-order chi connectivity index (χ1) is 13.4. The van der Waals surface area contributed by atoms with Crippen LogP contribution in [0.1, 0.15) is 24.2 Å². The van der Waals surface area contributed by atoms with Gasteiger partial charge in [-0.05, 0) is 44.9 Å². The second-order valence-corrected chi connectivity index (χ2v) is 6.79. The van der Waals surface area contributed by atoms with Crippen molar-refractivity contribution in [3.05, 3.63) is 40.4 Å². The molecule has 0 spiro atoms. The Labute approximate surface area is 165 Å². The Hall–Kier alpha value is -2.48. The SMILES string of the molecule is Cc1nc2nc(N3CCCC3)nc(-c3ccc(Cl)cc3F)c2nc1C.FCF. The molecule has 9 heteroatoms. The Bertz CT molecular complexity index is 993. The summed E-state index contributed by atoms with van der Waals surface area (Å²) in [6, 6.07) is 4.57. The van der Waals surface area contributed by atoms with Gasteiger partial charge in [-0.25, -0.2) is 28.1 Å². The third-order valence-corrected chi connectivity index (χ3v) is 4.74. The van der Waals surface area contributed by atoms with Gasteiger partial charge in [0.2, 0.25) is 12.9 Å². The minimum absolute atomic E-state index is 0.345. The molecule has 28 heavy (non-hydrogen) atoms. The number of aromatic nitrogens is 4. The highest BCUT2D eigenvalue weighted by atomic mass is 35.5. The molecule has 0 saturated carbocycles. The summed E-state index contributed by atoms with van der Waals surface area (Å²) in [6.07, 6.45) is 2.20. The summed E-state index contributed by atoms with van der Waals surface area (Å²) in [6.45, 7) is 3.80. The van der Waals surface area contributed by atoms with Crippen molar-refractivity contribution in [3.63, 3.8) is 0 Å². The van der Waals surface area contributed by atoms with E-state index < -0.39 is 12.7 Å². The van der Waals surface area contributed by atoms with Gasteiger partial charge in [-0.15, -0.1) is 0 Å². The van der Waals surface area contributed by atoms with Gasteiger partial charge < -0.3 is 4.90 Å². The third-order valence-electron chi connectivity index (χ3n) is 4.51. The summed E-state index contributed by atoms with van der Waals surface area (Å²) >= 11 is 5.89. The zero-order valence-electron chi connectivity index (χ0n) is 15.5. The van der Waals surface area contributed by atoms with Crippen LogP contribution < -0.4 is 4.90 Å². The number of hydrogen-bond acceptors (Lipinski definition) is 5. The maximum absolute atomic E-state index is 14.5. The number of benzene rings is 1. The molecule has 1 saturated heterocycles. The van der Waals surface area contributed by atoms with Crippen LogP contribution in [-0.2, 0) is 0 Å². The molecule has 0 aliphatic carbocycles. The summed E-state index contributed by atoms with van der Waals surface area (Å²) in [5.41, 5.74) is 3.39. The van der Waals surface area contributed by atoms with Gasteiger partial charge in [0.1, 0.15) is 17.0 Å². The van der Waals surface area contributed by atoms with Gasteiger partial charge in [0.25, 0.3) is 0 Å². The number of halogens is 4. The van der Waals surface area contributed by atoms with E-state index in [9.17, 15) is 13.2 Å². The van der Waals surface area contributed by atoms with E-state index in [1.165, 1.54) is 6.07 Å². The predicted octanol–water partition coefficient (Wildman–Crippen LogP) is 4.98. The molecule has 1 aliphatic rings. The molecule has 0 atom stereocenters. The number of alkyl halides is 2. The average Bonchev–Trinajstić information content (AvgIpc) is 3.18. The maximum atomic E-state index is 14.5. The molecule has 4 rings (SSSR count). The lowest BCUT2D eigenvalue weighted by molar-refractivity contribution is 0.295. The number of fused-ring (bicyclic) bond motifs is 1. The van der Waals surface area contributed by atoms with Crippen LogP contribution in [-0.4, -0.2) is 40.0 Å². The fourth-order valence-corrected chi connectivity index (χ4v) is 3.19. The van der Waals surface area contributed by atoms with Gasteiger partial charge >= 0.3 is 0 Å². The molecule has 148 valence electrons. The largest absolute Gasteiger partial charge is 0.341 e. The molecule has 1 aromatic carbocycles. The normalized spacial score (nSPS) is 13.6. The quantitative estimate of drug-likeness (QED) is 0.597. The molecule has 3 aromatic rings. The molecule has 3 heterocycles. The predicted molar refractivity (Wildman–Crippen MR) is 104 cm³/mol. The van der Waals surface area contributed by atoms with E-state index in [2.05, 4.69) is 24.8 Å². The Morgan fingerprint density at radius 3 is 2.29 bits per heavy atom. The van der Waals surface area contributed by atoms with Crippen molar-refractivity contribution < 1.29 is 13.2 Å². The Morgan fingerprint density at radius 1 is 1.00 bits per heavy atom. The third kappa shape index (κ3) is 4.16. The van der Waals surface area contributed by atoms with Crippen molar-refractivity contribution in [3.8, 4) is 11.3 Å². The van der Waals surface area contributed by atoms with Crippen molar-refractivity contribution in [1.29, 1.82) is 0 Å². The van der Waals surface area contributed by atoms with Crippen LogP contribution in [0.2, 0.25) is 5.02 Å². The smallest absolute Gasteiger partial charge is 0.229 e. The minimum Gasteiger partial charge on any atom is -0.341 e. The first-order valence-electron chi connectivity index (χ1n) is 8.80. The second-order valence-electron chi connectivity index (χ2n) is 6.36. The highest BCUT2D eigenvalue weighted by molar-refractivity contribution is 6.30.